The number of carbonyl (C=O) groups is 1. The van der Waals surface area contributed by atoms with Crippen LogP contribution in [-0.4, -0.2) is 57.5 Å². The van der Waals surface area contributed by atoms with Crippen LogP contribution in [0.5, 0.6) is 11.5 Å². The number of carbonyl (C=O) groups excluding carboxylic acids is 1. The van der Waals surface area contributed by atoms with Crippen molar-refractivity contribution in [3.8, 4) is 11.5 Å². The zero-order chi connectivity index (χ0) is 19.2. The number of halogens is 1. The number of piperazine rings is 1. The Morgan fingerprint density at radius 3 is 2.63 bits per heavy atom. The summed E-state index contributed by atoms with van der Waals surface area (Å²) in [5.41, 5.74) is 0.700. The third-order valence-electron chi connectivity index (χ3n) is 4.45. The Morgan fingerprint density at radius 2 is 1.93 bits per heavy atom. The largest absolute Gasteiger partial charge is 0.493 e. The Labute approximate surface area is 157 Å². The van der Waals surface area contributed by atoms with Gasteiger partial charge < -0.3 is 14.4 Å². The number of hydrazone groups is 1. The van der Waals surface area contributed by atoms with Gasteiger partial charge in [0.25, 0.3) is 0 Å². The summed E-state index contributed by atoms with van der Waals surface area (Å²) in [5.74, 6) is -0.787. The van der Waals surface area contributed by atoms with Gasteiger partial charge >= 0.3 is 5.97 Å². The lowest BCUT2D eigenvalue weighted by Gasteiger charge is -2.27. The number of nitrogens with one attached hydrogen (secondary N) is 1. The molecule has 1 fully saturated rings. The maximum Gasteiger partial charge on any atom is 0.346 e. The number of hydrogen-bond acceptors (Lipinski definition) is 5. The number of rotatable bonds is 5. The van der Waals surface area contributed by atoms with E-state index in [4.69, 9.17) is 9.47 Å². The summed E-state index contributed by atoms with van der Waals surface area (Å²) in [6.45, 7) is 3.95. The lowest BCUT2D eigenvalue weighted by Crippen LogP contribution is -3.11. The van der Waals surface area contributed by atoms with Crippen molar-refractivity contribution in [1.29, 1.82) is 0 Å². The molecule has 2 aromatic carbocycles. The number of likely N-dealkylation sites (N-methyl/N-ethyl adjacent to an activating group) is 1. The highest BCUT2D eigenvalue weighted by Crippen LogP contribution is 2.28. The van der Waals surface area contributed by atoms with E-state index in [1.165, 1.54) is 30.2 Å². The maximum absolute atomic E-state index is 13.7. The smallest absolute Gasteiger partial charge is 0.346 e. The van der Waals surface area contributed by atoms with Crippen molar-refractivity contribution in [2.75, 3.05) is 40.3 Å². The van der Waals surface area contributed by atoms with Crippen LogP contribution in [-0.2, 0) is 0 Å². The number of methoxy groups -OCH3 is 1. The molecule has 3 rings (SSSR count). The van der Waals surface area contributed by atoms with E-state index in [2.05, 4.69) is 12.1 Å². The molecule has 1 aliphatic rings. The van der Waals surface area contributed by atoms with Crippen molar-refractivity contribution >= 4 is 12.2 Å². The molecule has 6 nitrogen and oxygen atoms in total. The van der Waals surface area contributed by atoms with Gasteiger partial charge in [-0.05, 0) is 35.9 Å². The minimum absolute atomic E-state index is 0.123. The molecule has 0 saturated carbocycles. The number of esters is 1. The molecule has 0 amide bonds. The SMILES string of the molecule is COc1cc(/C=N\N2CC[NH+](C)CC2)ccc1OC(=O)c1ccccc1F. The van der Waals surface area contributed by atoms with Crippen LogP contribution >= 0.6 is 0 Å². The average Bonchev–Trinajstić information content (AvgIpc) is 2.68. The van der Waals surface area contributed by atoms with Crippen molar-refractivity contribution in [2.24, 2.45) is 5.10 Å². The number of hydrogen-bond donors (Lipinski definition) is 1. The molecule has 0 radical (unpaired) electrons. The fourth-order valence-corrected chi connectivity index (χ4v) is 2.77. The molecule has 0 spiro atoms. The predicted molar refractivity (Wildman–Crippen MR) is 100 cm³/mol. The van der Waals surface area contributed by atoms with Gasteiger partial charge in [-0.15, -0.1) is 0 Å². The highest BCUT2D eigenvalue weighted by Gasteiger charge is 2.17. The molecule has 27 heavy (non-hydrogen) atoms. The summed E-state index contributed by atoms with van der Waals surface area (Å²) in [6, 6.07) is 10.8. The summed E-state index contributed by atoms with van der Waals surface area (Å²) in [6.07, 6.45) is 1.76. The fraction of sp³-hybridized carbons (Fsp3) is 0.300. The lowest BCUT2D eigenvalue weighted by molar-refractivity contribution is -0.884. The number of benzene rings is 2. The van der Waals surface area contributed by atoms with Gasteiger partial charge in [0.15, 0.2) is 11.5 Å². The van der Waals surface area contributed by atoms with E-state index in [0.29, 0.717) is 5.75 Å². The Hall–Kier alpha value is -2.93. The third kappa shape index (κ3) is 4.83. The molecule has 2 aromatic rings. The monoisotopic (exact) mass is 372 g/mol. The van der Waals surface area contributed by atoms with Gasteiger partial charge in [-0.3, -0.25) is 5.01 Å². The second-order valence-electron chi connectivity index (χ2n) is 6.44. The Balaban J connectivity index is 1.71. The highest BCUT2D eigenvalue weighted by molar-refractivity contribution is 5.92. The predicted octanol–water partition coefficient (Wildman–Crippen LogP) is 1.22. The van der Waals surface area contributed by atoms with Gasteiger partial charge in [-0.25, -0.2) is 9.18 Å². The molecule has 0 aliphatic carbocycles. The van der Waals surface area contributed by atoms with Crippen molar-refractivity contribution in [2.45, 2.75) is 0 Å². The first-order chi connectivity index (χ1) is 13.1. The van der Waals surface area contributed by atoms with Gasteiger partial charge in [0.1, 0.15) is 5.82 Å². The summed E-state index contributed by atoms with van der Waals surface area (Å²) >= 11 is 0. The van der Waals surface area contributed by atoms with E-state index in [9.17, 15) is 9.18 Å². The molecule has 1 heterocycles. The standard InChI is InChI=1S/C20H22FN3O3/c1-23-9-11-24(12-10-23)22-14-15-7-8-18(19(13-15)26-2)27-20(25)16-5-3-4-6-17(16)21/h3-8,13-14H,9-12H2,1-2H3/p+1/b22-14-. The summed E-state index contributed by atoms with van der Waals surface area (Å²) in [7, 11) is 3.66. The van der Waals surface area contributed by atoms with Crippen LogP contribution in [0.25, 0.3) is 0 Å². The van der Waals surface area contributed by atoms with Gasteiger partial charge in [0.2, 0.25) is 0 Å². The Morgan fingerprint density at radius 1 is 1.19 bits per heavy atom. The molecule has 1 N–H and O–H groups in total. The molecule has 0 atom stereocenters. The summed E-state index contributed by atoms with van der Waals surface area (Å²) in [5, 5.41) is 6.53. The quantitative estimate of drug-likeness (QED) is 0.487. The van der Waals surface area contributed by atoms with Crippen LogP contribution < -0.4 is 14.4 Å². The number of quaternary nitrogens is 1. The van der Waals surface area contributed by atoms with Crippen molar-refractivity contribution < 1.29 is 23.6 Å². The van der Waals surface area contributed by atoms with Crippen molar-refractivity contribution in [3.05, 3.63) is 59.4 Å². The maximum atomic E-state index is 13.7. The molecule has 0 bridgehead atoms. The summed E-state index contributed by atoms with van der Waals surface area (Å²) < 4.78 is 24.3. The van der Waals surface area contributed by atoms with Crippen LogP contribution in [0.1, 0.15) is 15.9 Å². The first kappa shape index (κ1) is 18.8. The van der Waals surface area contributed by atoms with Gasteiger partial charge in [-0.2, -0.15) is 5.10 Å². The normalized spacial score (nSPS) is 15.1. The number of nitrogens with zero attached hydrogens (tertiary/aromatic N) is 2. The van der Waals surface area contributed by atoms with Crippen molar-refractivity contribution in [1.82, 2.24) is 5.01 Å². The Bertz CT molecular complexity index is 833. The molecule has 1 saturated heterocycles. The van der Waals surface area contributed by atoms with Crippen LogP contribution in [0, 0.1) is 5.82 Å². The first-order valence-electron chi connectivity index (χ1n) is 8.82. The van der Waals surface area contributed by atoms with E-state index in [-0.39, 0.29) is 11.3 Å². The minimum Gasteiger partial charge on any atom is -0.493 e. The van der Waals surface area contributed by atoms with Crippen LogP contribution in [0.4, 0.5) is 4.39 Å². The summed E-state index contributed by atoms with van der Waals surface area (Å²) in [4.78, 5) is 13.7. The Kier molecular flexibility index (Phi) is 6.03. The molecule has 0 aromatic heterocycles. The highest BCUT2D eigenvalue weighted by atomic mass is 19.1. The van der Waals surface area contributed by atoms with Crippen LogP contribution in [0.3, 0.4) is 0 Å². The van der Waals surface area contributed by atoms with E-state index in [1.807, 2.05) is 5.01 Å². The van der Waals surface area contributed by atoms with Crippen molar-refractivity contribution in [3.63, 3.8) is 0 Å². The van der Waals surface area contributed by atoms with E-state index in [1.54, 1.807) is 30.5 Å². The third-order valence-corrected chi connectivity index (χ3v) is 4.45. The first-order valence-corrected chi connectivity index (χ1v) is 8.82. The molecule has 0 unspecified atom stereocenters. The van der Waals surface area contributed by atoms with Gasteiger partial charge in [0.05, 0.1) is 52.1 Å². The van der Waals surface area contributed by atoms with Crippen LogP contribution in [0.2, 0.25) is 0 Å². The zero-order valence-electron chi connectivity index (χ0n) is 15.4. The lowest BCUT2D eigenvalue weighted by atomic mass is 10.2. The second-order valence-corrected chi connectivity index (χ2v) is 6.44. The molecular weight excluding hydrogens is 349 g/mol. The molecular formula is C20H23FN3O3+. The zero-order valence-corrected chi connectivity index (χ0v) is 15.4. The van der Waals surface area contributed by atoms with Crippen LogP contribution in [0.15, 0.2) is 47.6 Å². The minimum atomic E-state index is -0.771. The fourth-order valence-electron chi connectivity index (χ4n) is 2.77. The number of ether oxygens (including phenoxy) is 2. The van der Waals surface area contributed by atoms with Gasteiger partial charge in [-0.1, -0.05) is 12.1 Å². The van der Waals surface area contributed by atoms with E-state index in [0.717, 1.165) is 31.7 Å². The topological polar surface area (TPSA) is 55.6 Å². The second kappa shape index (κ2) is 8.64. The van der Waals surface area contributed by atoms with E-state index >= 15 is 0 Å². The van der Waals surface area contributed by atoms with E-state index < -0.39 is 11.8 Å². The molecule has 142 valence electrons. The molecule has 1 aliphatic heterocycles. The molecule has 7 heteroatoms. The van der Waals surface area contributed by atoms with Gasteiger partial charge in [0, 0.05) is 0 Å². The average molecular weight is 372 g/mol.